The van der Waals surface area contributed by atoms with Gasteiger partial charge in [0.25, 0.3) is 5.91 Å². The number of carbonyl (C=O) groups excluding carboxylic acids is 1. The third-order valence-corrected chi connectivity index (χ3v) is 5.23. The Kier molecular flexibility index (Phi) is 6.74. The van der Waals surface area contributed by atoms with Crippen LogP contribution in [-0.4, -0.2) is 25.2 Å². The Morgan fingerprint density at radius 1 is 0.971 bits per heavy atom. The highest BCUT2D eigenvalue weighted by Gasteiger charge is 2.51. The van der Waals surface area contributed by atoms with Gasteiger partial charge in [-0.1, -0.05) is 24.3 Å². The van der Waals surface area contributed by atoms with E-state index in [-0.39, 0.29) is 23.6 Å². The number of benzene rings is 3. The van der Waals surface area contributed by atoms with Gasteiger partial charge in [-0.05, 0) is 59.7 Å². The summed E-state index contributed by atoms with van der Waals surface area (Å²) in [6.45, 7) is 0.0513. The minimum atomic E-state index is -4.79. The van der Waals surface area contributed by atoms with Gasteiger partial charge in [-0.25, -0.2) is 19.2 Å². The van der Waals surface area contributed by atoms with Gasteiger partial charge >= 0.3 is 6.18 Å². The molecule has 5 nitrogen and oxygen atoms in total. The molecule has 1 N–H and O–H groups in total. The molecular weight excluding hydrogens is 471 g/mol. The van der Waals surface area contributed by atoms with Gasteiger partial charge in [0, 0.05) is 5.57 Å². The van der Waals surface area contributed by atoms with E-state index in [1.165, 1.54) is 61.7 Å². The molecule has 10 heteroatoms. The fourth-order valence-electron chi connectivity index (χ4n) is 3.53. The number of ether oxygens (including phenoxy) is 2. The number of rotatable bonds is 6. The predicted molar refractivity (Wildman–Crippen MR) is 119 cm³/mol. The van der Waals surface area contributed by atoms with E-state index >= 15 is 0 Å². The summed E-state index contributed by atoms with van der Waals surface area (Å²) in [7, 11) is 1.40. The van der Waals surface area contributed by atoms with Crippen LogP contribution in [0.3, 0.4) is 0 Å². The number of amides is 1. The largest absolute Gasteiger partial charge is 0.493 e. The van der Waals surface area contributed by atoms with Crippen molar-refractivity contribution < 1.29 is 36.2 Å². The molecule has 3 aromatic carbocycles. The van der Waals surface area contributed by atoms with Crippen LogP contribution in [-0.2, 0) is 11.4 Å². The van der Waals surface area contributed by atoms with E-state index in [1.54, 1.807) is 0 Å². The van der Waals surface area contributed by atoms with Crippen LogP contribution in [0.5, 0.6) is 11.5 Å². The summed E-state index contributed by atoms with van der Waals surface area (Å²) in [5, 5.41) is 0.669. The van der Waals surface area contributed by atoms with Gasteiger partial charge in [0.1, 0.15) is 18.2 Å². The van der Waals surface area contributed by atoms with Crippen molar-refractivity contribution in [1.82, 2.24) is 5.43 Å². The number of hydrogen-bond acceptors (Lipinski definition) is 4. The lowest BCUT2D eigenvalue weighted by Crippen LogP contribution is -2.44. The highest BCUT2D eigenvalue weighted by molar-refractivity contribution is 6.11. The Morgan fingerprint density at radius 2 is 1.71 bits per heavy atom. The number of carbonyl (C=O) groups is 1. The van der Waals surface area contributed by atoms with Gasteiger partial charge < -0.3 is 9.47 Å². The quantitative estimate of drug-likeness (QED) is 0.371. The lowest BCUT2D eigenvalue weighted by atomic mass is 10.0. The summed E-state index contributed by atoms with van der Waals surface area (Å²) in [6, 6.07) is 12.4. The molecule has 4 rings (SSSR count). The highest BCUT2D eigenvalue weighted by Crippen LogP contribution is 2.35. The van der Waals surface area contributed by atoms with E-state index in [0.29, 0.717) is 16.3 Å². The van der Waals surface area contributed by atoms with E-state index in [1.807, 2.05) is 0 Å². The van der Waals surface area contributed by atoms with E-state index in [4.69, 9.17) is 9.47 Å². The fourth-order valence-corrected chi connectivity index (χ4v) is 3.53. The molecule has 0 aromatic heterocycles. The second kappa shape index (κ2) is 9.75. The SMILES string of the molecule is COc1ccc(/C=C2\C(=O)N(c3cccc(F)c3)NC2C(F)(F)F)cc1OCc1ccc(F)cc1. The highest BCUT2D eigenvalue weighted by atomic mass is 19.4. The van der Waals surface area contributed by atoms with Crippen molar-refractivity contribution in [2.24, 2.45) is 0 Å². The number of anilines is 1. The molecule has 0 bridgehead atoms. The van der Waals surface area contributed by atoms with E-state index in [9.17, 15) is 26.7 Å². The van der Waals surface area contributed by atoms with Crippen molar-refractivity contribution in [3.63, 3.8) is 0 Å². The molecule has 1 aliphatic heterocycles. The second-order valence-electron chi connectivity index (χ2n) is 7.65. The van der Waals surface area contributed by atoms with Crippen LogP contribution in [0, 0.1) is 11.6 Å². The molecule has 35 heavy (non-hydrogen) atoms. The van der Waals surface area contributed by atoms with E-state index in [0.717, 1.165) is 18.2 Å². The minimum Gasteiger partial charge on any atom is -0.493 e. The van der Waals surface area contributed by atoms with Crippen LogP contribution in [0.15, 0.2) is 72.3 Å². The maximum atomic E-state index is 13.8. The van der Waals surface area contributed by atoms with Crippen LogP contribution >= 0.6 is 0 Å². The predicted octanol–water partition coefficient (Wildman–Crippen LogP) is 5.42. The Morgan fingerprint density at radius 3 is 2.37 bits per heavy atom. The summed E-state index contributed by atoms with van der Waals surface area (Å²) < 4.78 is 79.0. The second-order valence-corrected chi connectivity index (χ2v) is 7.65. The molecule has 0 aliphatic carbocycles. The average Bonchev–Trinajstić information content (AvgIpc) is 3.15. The molecule has 1 fully saturated rings. The number of methoxy groups -OCH3 is 1. The minimum absolute atomic E-state index is 0.0513. The number of nitrogens with zero attached hydrogens (tertiary/aromatic N) is 1. The van der Waals surface area contributed by atoms with E-state index in [2.05, 4.69) is 5.43 Å². The van der Waals surface area contributed by atoms with Crippen LogP contribution in [0.25, 0.3) is 6.08 Å². The zero-order valence-corrected chi connectivity index (χ0v) is 18.3. The zero-order chi connectivity index (χ0) is 25.2. The summed E-state index contributed by atoms with van der Waals surface area (Å²) in [4.78, 5) is 12.9. The maximum Gasteiger partial charge on any atom is 0.409 e. The first kappa shape index (κ1) is 24.2. The molecule has 1 aliphatic rings. The average molecular weight is 490 g/mol. The van der Waals surface area contributed by atoms with Crippen LogP contribution in [0.1, 0.15) is 11.1 Å². The van der Waals surface area contributed by atoms with Crippen molar-refractivity contribution in [3.05, 3.63) is 95.1 Å². The first-order chi connectivity index (χ1) is 16.7. The zero-order valence-electron chi connectivity index (χ0n) is 18.3. The van der Waals surface area contributed by atoms with Gasteiger partial charge in [0.05, 0.1) is 12.8 Å². The lowest BCUT2D eigenvalue weighted by molar-refractivity contribution is -0.144. The molecule has 1 saturated heterocycles. The van der Waals surface area contributed by atoms with Crippen LogP contribution < -0.4 is 19.9 Å². The molecule has 182 valence electrons. The standard InChI is InChI=1S/C25H19F5N2O3/c1-34-21-10-7-16(12-22(21)35-14-15-5-8-17(26)9-6-15)11-20-23(25(28,29)30)31-32(24(20)33)19-4-2-3-18(27)13-19/h2-13,23,31H,14H2,1H3/b20-11-. The topological polar surface area (TPSA) is 50.8 Å². The summed E-state index contributed by atoms with van der Waals surface area (Å²) >= 11 is 0. The Hall–Kier alpha value is -3.92. The first-order valence-electron chi connectivity index (χ1n) is 10.4. The number of nitrogens with one attached hydrogen (secondary N) is 1. The maximum absolute atomic E-state index is 13.8. The Labute approximate surface area is 197 Å². The molecule has 0 saturated carbocycles. The molecule has 1 unspecified atom stereocenters. The monoisotopic (exact) mass is 490 g/mol. The molecular formula is C25H19F5N2O3. The number of alkyl halides is 3. The van der Waals surface area contributed by atoms with Crippen molar-refractivity contribution in [1.29, 1.82) is 0 Å². The van der Waals surface area contributed by atoms with Crippen molar-refractivity contribution in [2.45, 2.75) is 18.8 Å². The summed E-state index contributed by atoms with van der Waals surface area (Å²) in [5.74, 6) is -1.53. The molecule has 0 spiro atoms. The van der Waals surface area contributed by atoms with Crippen LogP contribution in [0.2, 0.25) is 0 Å². The Balaban J connectivity index is 1.65. The smallest absolute Gasteiger partial charge is 0.409 e. The van der Waals surface area contributed by atoms with Gasteiger partial charge in [-0.3, -0.25) is 4.79 Å². The third kappa shape index (κ3) is 5.43. The lowest BCUT2D eigenvalue weighted by Gasteiger charge is -2.19. The third-order valence-electron chi connectivity index (χ3n) is 5.23. The summed E-state index contributed by atoms with van der Waals surface area (Å²) in [6.07, 6.45) is -3.70. The normalized spacial score (nSPS) is 17.2. The molecule has 3 aromatic rings. The van der Waals surface area contributed by atoms with Gasteiger partial charge in [0.15, 0.2) is 17.5 Å². The van der Waals surface area contributed by atoms with Crippen molar-refractivity contribution in [2.75, 3.05) is 12.1 Å². The molecule has 1 heterocycles. The molecule has 1 amide bonds. The number of halogens is 5. The van der Waals surface area contributed by atoms with Gasteiger partial charge in [-0.15, -0.1) is 0 Å². The van der Waals surface area contributed by atoms with Gasteiger partial charge in [-0.2, -0.15) is 13.2 Å². The van der Waals surface area contributed by atoms with Gasteiger partial charge in [0.2, 0.25) is 0 Å². The molecule has 1 atom stereocenters. The summed E-state index contributed by atoms with van der Waals surface area (Å²) in [5.41, 5.74) is 2.40. The fraction of sp³-hybridized carbons (Fsp3) is 0.160. The van der Waals surface area contributed by atoms with Crippen molar-refractivity contribution >= 4 is 17.7 Å². The van der Waals surface area contributed by atoms with E-state index < -0.39 is 35.3 Å². The van der Waals surface area contributed by atoms with Crippen molar-refractivity contribution in [3.8, 4) is 11.5 Å². The molecule has 0 radical (unpaired) electrons. The number of hydrazine groups is 1. The number of hydrogen-bond donors (Lipinski definition) is 1. The Bertz CT molecular complexity index is 1260. The van der Waals surface area contributed by atoms with Crippen LogP contribution in [0.4, 0.5) is 27.6 Å². The first-order valence-corrected chi connectivity index (χ1v) is 10.4.